The van der Waals surface area contributed by atoms with Crippen LogP contribution in [-0.2, 0) is 9.53 Å². The molecule has 3 heterocycles. The first kappa shape index (κ1) is 15.6. The second kappa shape index (κ2) is 5.84. The Morgan fingerprint density at radius 1 is 1.12 bits per heavy atom. The first-order chi connectivity index (χ1) is 11.6. The second-order valence-corrected chi connectivity index (χ2v) is 7.99. The van der Waals surface area contributed by atoms with Crippen LogP contribution in [0.5, 0.6) is 0 Å². The summed E-state index contributed by atoms with van der Waals surface area (Å²) >= 11 is 3.06. The molecule has 1 fully saturated rings. The summed E-state index contributed by atoms with van der Waals surface area (Å²) in [7, 11) is 0. The number of fused-ring (bicyclic) bond motifs is 3. The number of amides is 1. The molecule has 0 atom stereocenters. The van der Waals surface area contributed by atoms with Crippen molar-refractivity contribution in [2.75, 3.05) is 13.2 Å². The largest absolute Gasteiger partial charge is 0.480 e. The van der Waals surface area contributed by atoms with Crippen LogP contribution >= 0.6 is 22.7 Å². The molecule has 1 aromatic carbocycles. The van der Waals surface area contributed by atoms with Crippen LogP contribution in [0.4, 0.5) is 0 Å². The van der Waals surface area contributed by atoms with Crippen molar-refractivity contribution in [3.63, 3.8) is 0 Å². The van der Waals surface area contributed by atoms with Crippen molar-refractivity contribution in [3.05, 3.63) is 35.2 Å². The van der Waals surface area contributed by atoms with Gasteiger partial charge in [0.1, 0.15) is 5.54 Å². The number of aliphatic carboxylic acids is 1. The summed E-state index contributed by atoms with van der Waals surface area (Å²) in [5.74, 6) is -1.32. The molecule has 24 heavy (non-hydrogen) atoms. The second-order valence-electron chi connectivity index (χ2n) is 5.86. The van der Waals surface area contributed by atoms with Gasteiger partial charge < -0.3 is 15.2 Å². The molecule has 0 unspecified atom stereocenters. The highest BCUT2D eigenvalue weighted by Crippen LogP contribution is 2.39. The number of carboxylic acid groups (broad SMARTS) is 1. The standard InChI is InChI=1S/C17H15NO4S2/c19-15(18-17(16(20)21)5-7-22-8-6-17)13-9-12-14(24-13)10-3-1-2-4-11(10)23-12/h1-4,9H,5-8H2,(H,18,19)(H,20,21). The van der Waals surface area contributed by atoms with Crippen LogP contribution in [-0.4, -0.2) is 35.7 Å². The van der Waals surface area contributed by atoms with Gasteiger partial charge in [-0.25, -0.2) is 4.79 Å². The lowest BCUT2D eigenvalue weighted by Gasteiger charge is -2.33. The molecule has 0 bridgehead atoms. The highest BCUT2D eigenvalue weighted by molar-refractivity contribution is 7.33. The average molecular weight is 361 g/mol. The smallest absolute Gasteiger partial charge is 0.329 e. The predicted molar refractivity (Wildman–Crippen MR) is 95.1 cm³/mol. The maximum Gasteiger partial charge on any atom is 0.329 e. The lowest BCUT2D eigenvalue weighted by Crippen LogP contribution is -2.57. The molecule has 0 spiro atoms. The van der Waals surface area contributed by atoms with E-state index in [0.29, 0.717) is 18.1 Å². The van der Waals surface area contributed by atoms with E-state index in [1.54, 1.807) is 11.3 Å². The number of benzene rings is 1. The Balaban J connectivity index is 1.66. The zero-order valence-corrected chi connectivity index (χ0v) is 14.3. The van der Waals surface area contributed by atoms with Gasteiger partial charge in [-0.1, -0.05) is 18.2 Å². The Bertz CT molecular complexity index is 937. The van der Waals surface area contributed by atoms with E-state index in [-0.39, 0.29) is 18.7 Å². The minimum atomic E-state index is -1.23. The fourth-order valence-electron chi connectivity index (χ4n) is 3.00. The third kappa shape index (κ3) is 2.49. The minimum Gasteiger partial charge on any atom is -0.480 e. The number of carboxylic acids is 1. The summed E-state index contributed by atoms with van der Waals surface area (Å²) in [6.07, 6.45) is 0.577. The van der Waals surface area contributed by atoms with Gasteiger partial charge in [-0.2, -0.15) is 0 Å². The highest BCUT2D eigenvalue weighted by Gasteiger charge is 2.42. The molecule has 124 valence electrons. The molecule has 1 saturated heterocycles. The van der Waals surface area contributed by atoms with Crippen molar-refractivity contribution < 1.29 is 19.4 Å². The summed E-state index contributed by atoms with van der Waals surface area (Å²) in [4.78, 5) is 24.9. The molecule has 3 aromatic rings. The molecule has 2 N–H and O–H groups in total. The van der Waals surface area contributed by atoms with Gasteiger partial charge in [-0.15, -0.1) is 22.7 Å². The van der Waals surface area contributed by atoms with Gasteiger partial charge in [0, 0.05) is 40.8 Å². The quantitative estimate of drug-likeness (QED) is 0.749. The van der Waals surface area contributed by atoms with Crippen molar-refractivity contribution in [2.24, 2.45) is 0 Å². The topological polar surface area (TPSA) is 75.6 Å². The van der Waals surface area contributed by atoms with Crippen LogP contribution in [0.25, 0.3) is 19.5 Å². The fourth-order valence-corrected chi connectivity index (χ4v) is 5.42. The van der Waals surface area contributed by atoms with E-state index in [2.05, 4.69) is 11.4 Å². The number of rotatable bonds is 3. The Morgan fingerprint density at radius 3 is 2.62 bits per heavy atom. The fraction of sp³-hybridized carbons (Fsp3) is 0.294. The lowest BCUT2D eigenvalue weighted by molar-refractivity contribution is -0.148. The van der Waals surface area contributed by atoms with E-state index in [9.17, 15) is 14.7 Å². The van der Waals surface area contributed by atoms with Crippen molar-refractivity contribution in [2.45, 2.75) is 18.4 Å². The number of nitrogens with one attached hydrogen (secondary N) is 1. The average Bonchev–Trinajstić information content (AvgIpc) is 3.13. The summed E-state index contributed by atoms with van der Waals surface area (Å²) < 4.78 is 8.57. The number of hydrogen-bond donors (Lipinski definition) is 2. The van der Waals surface area contributed by atoms with Gasteiger partial charge >= 0.3 is 5.97 Å². The van der Waals surface area contributed by atoms with E-state index in [0.717, 1.165) is 14.8 Å². The Hall–Kier alpha value is -1.96. The van der Waals surface area contributed by atoms with Crippen LogP contribution in [0.2, 0.25) is 0 Å². The van der Waals surface area contributed by atoms with Crippen LogP contribution < -0.4 is 5.32 Å². The molecule has 0 radical (unpaired) electrons. The molecule has 5 nitrogen and oxygen atoms in total. The zero-order valence-electron chi connectivity index (χ0n) is 12.7. The predicted octanol–water partition coefficient (Wildman–Crippen LogP) is 3.48. The maximum atomic E-state index is 12.6. The first-order valence-electron chi connectivity index (χ1n) is 7.64. The van der Waals surface area contributed by atoms with Gasteiger partial charge in [0.05, 0.1) is 9.58 Å². The van der Waals surface area contributed by atoms with Gasteiger partial charge in [0.15, 0.2) is 0 Å². The molecule has 1 aliphatic heterocycles. The van der Waals surface area contributed by atoms with E-state index < -0.39 is 11.5 Å². The van der Waals surface area contributed by atoms with Crippen molar-refractivity contribution in [1.82, 2.24) is 5.32 Å². The third-order valence-electron chi connectivity index (χ3n) is 4.38. The number of ether oxygens (including phenoxy) is 1. The third-order valence-corrected chi connectivity index (χ3v) is 6.80. The molecule has 1 amide bonds. The lowest BCUT2D eigenvalue weighted by atomic mass is 9.90. The number of hydrogen-bond acceptors (Lipinski definition) is 5. The number of carbonyl (C=O) groups excluding carboxylic acids is 1. The summed E-state index contributed by atoms with van der Waals surface area (Å²) in [6, 6.07) is 9.94. The van der Waals surface area contributed by atoms with Crippen molar-refractivity contribution >= 4 is 54.0 Å². The van der Waals surface area contributed by atoms with E-state index >= 15 is 0 Å². The minimum absolute atomic E-state index is 0.288. The van der Waals surface area contributed by atoms with Gasteiger partial charge in [-0.3, -0.25) is 4.79 Å². The molecule has 0 saturated carbocycles. The van der Waals surface area contributed by atoms with E-state index in [1.807, 2.05) is 24.3 Å². The van der Waals surface area contributed by atoms with Gasteiger partial charge in [-0.05, 0) is 12.1 Å². The normalized spacial score (nSPS) is 17.2. The molecule has 2 aromatic heterocycles. The molecule has 4 rings (SSSR count). The van der Waals surface area contributed by atoms with Crippen LogP contribution in [0.1, 0.15) is 22.5 Å². The van der Waals surface area contributed by atoms with Gasteiger partial charge in [0.25, 0.3) is 5.91 Å². The maximum absolute atomic E-state index is 12.6. The Kier molecular flexibility index (Phi) is 3.79. The Morgan fingerprint density at radius 2 is 1.88 bits per heavy atom. The SMILES string of the molecule is O=C(NC1(C(=O)O)CCOCC1)c1cc2sc3ccccc3c2s1. The van der Waals surface area contributed by atoms with Crippen LogP contribution in [0.15, 0.2) is 30.3 Å². The summed E-state index contributed by atoms with van der Waals surface area (Å²) in [5.41, 5.74) is -1.23. The molecule has 0 aliphatic carbocycles. The molecular formula is C17H15NO4S2. The molecule has 7 heteroatoms. The van der Waals surface area contributed by atoms with Crippen molar-refractivity contribution in [1.29, 1.82) is 0 Å². The first-order valence-corrected chi connectivity index (χ1v) is 9.27. The number of thiophene rings is 2. The molecular weight excluding hydrogens is 346 g/mol. The van der Waals surface area contributed by atoms with Crippen LogP contribution in [0.3, 0.4) is 0 Å². The Labute approximate surface area is 145 Å². The summed E-state index contributed by atoms with van der Waals surface area (Å²) in [5, 5.41) is 13.4. The van der Waals surface area contributed by atoms with Gasteiger partial charge in [0.2, 0.25) is 0 Å². The van der Waals surface area contributed by atoms with Crippen LogP contribution in [0, 0.1) is 0 Å². The number of carbonyl (C=O) groups is 2. The monoisotopic (exact) mass is 361 g/mol. The van der Waals surface area contributed by atoms with E-state index in [1.165, 1.54) is 16.0 Å². The van der Waals surface area contributed by atoms with Crippen molar-refractivity contribution in [3.8, 4) is 0 Å². The zero-order chi connectivity index (χ0) is 16.7. The summed E-state index contributed by atoms with van der Waals surface area (Å²) in [6.45, 7) is 0.688. The molecule has 1 aliphatic rings. The van der Waals surface area contributed by atoms with E-state index in [4.69, 9.17) is 4.74 Å². The highest BCUT2D eigenvalue weighted by atomic mass is 32.1.